The van der Waals surface area contributed by atoms with E-state index in [2.05, 4.69) is 10.2 Å². The summed E-state index contributed by atoms with van der Waals surface area (Å²) >= 11 is 1.57. The highest BCUT2D eigenvalue weighted by molar-refractivity contribution is 7.10. The molecule has 0 bridgehead atoms. The summed E-state index contributed by atoms with van der Waals surface area (Å²) < 4.78 is 11.0. The lowest BCUT2D eigenvalue weighted by molar-refractivity contribution is -0.141. The lowest BCUT2D eigenvalue weighted by atomic mass is 9.94. The fraction of sp³-hybridized carbons (Fsp3) is 0.556. The Morgan fingerprint density at radius 2 is 1.97 bits per heavy atom. The molecule has 7 nitrogen and oxygen atoms in total. The lowest BCUT2D eigenvalue weighted by Crippen LogP contribution is -2.50. The number of benzene rings is 1. The Bertz CT molecular complexity index is 940. The smallest absolute Gasteiger partial charge is 0.247 e. The maximum Gasteiger partial charge on any atom is 0.247 e. The molecule has 8 heteroatoms. The van der Waals surface area contributed by atoms with Crippen LogP contribution in [0.2, 0.25) is 0 Å². The maximum atomic E-state index is 13.8. The topological polar surface area (TPSA) is 71.1 Å². The molecule has 2 aliphatic rings. The number of amides is 2. The molecule has 1 N–H and O–H groups in total. The second-order valence-electron chi connectivity index (χ2n) is 9.32. The Hall–Kier alpha value is -2.42. The highest BCUT2D eigenvalue weighted by Gasteiger charge is 2.33. The maximum absolute atomic E-state index is 13.8. The van der Waals surface area contributed by atoms with Crippen molar-refractivity contribution in [3.63, 3.8) is 0 Å². The van der Waals surface area contributed by atoms with Gasteiger partial charge >= 0.3 is 0 Å². The van der Waals surface area contributed by atoms with E-state index in [0.717, 1.165) is 49.2 Å². The summed E-state index contributed by atoms with van der Waals surface area (Å²) in [6.07, 6.45) is 5.76. The first kappa shape index (κ1) is 25.7. The van der Waals surface area contributed by atoms with E-state index in [0.29, 0.717) is 32.1 Å². The second kappa shape index (κ2) is 13.0. The zero-order valence-electron chi connectivity index (χ0n) is 20.6. The predicted molar refractivity (Wildman–Crippen MR) is 138 cm³/mol. The first-order chi connectivity index (χ1) is 17.1. The van der Waals surface area contributed by atoms with Crippen LogP contribution in [-0.2, 0) is 20.7 Å². The summed E-state index contributed by atoms with van der Waals surface area (Å²) in [5, 5.41) is 5.26. The third kappa shape index (κ3) is 7.29. The number of morpholine rings is 1. The van der Waals surface area contributed by atoms with Crippen LogP contribution in [0.25, 0.3) is 0 Å². The third-order valence-electron chi connectivity index (χ3n) is 6.91. The van der Waals surface area contributed by atoms with Gasteiger partial charge in [-0.1, -0.05) is 37.5 Å². The Balaban J connectivity index is 1.61. The van der Waals surface area contributed by atoms with Crippen LogP contribution in [-0.4, -0.2) is 74.2 Å². The molecule has 1 saturated heterocycles. The van der Waals surface area contributed by atoms with Crippen LogP contribution in [0.15, 0.2) is 41.8 Å². The summed E-state index contributed by atoms with van der Waals surface area (Å²) in [6, 6.07) is 11.0. The van der Waals surface area contributed by atoms with Gasteiger partial charge < -0.3 is 19.7 Å². The van der Waals surface area contributed by atoms with E-state index in [1.54, 1.807) is 23.3 Å². The van der Waals surface area contributed by atoms with Crippen LogP contribution in [0.5, 0.6) is 5.75 Å². The molecule has 0 spiro atoms. The van der Waals surface area contributed by atoms with Gasteiger partial charge in [-0.15, -0.1) is 11.3 Å². The summed E-state index contributed by atoms with van der Waals surface area (Å²) in [7, 11) is 1.62. The van der Waals surface area contributed by atoms with Crippen molar-refractivity contribution >= 4 is 23.2 Å². The van der Waals surface area contributed by atoms with Gasteiger partial charge in [0, 0.05) is 37.1 Å². The second-order valence-corrected chi connectivity index (χ2v) is 10.4. The molecule has 2 aromatic rings. The average molecular weight is 500 g/mol. The summed E-state index contributed by atoms with van der Waals surface area (Å²) in [6.45, 7) is 4.26. The van der Waals surface area contributed by atoms with Gasteiger partial charge in [0.15, 0.2) is 0 Å². The van der Waals surface area contributed by atoms with Gasteiger partial charge in [-0.3, -0.25) is 14.5 Å². The fourth-order valence-corrected chi connectivity index (χ4v) is 5.64. The Labute approximate surface area is 212 Å². The zero-order valence-corrected chi connectivity index (χ0v) is 21.4. The first-order valence-electron chi connectivity index (χ1n) is 12.7. The minimum absolute atomic E-state index is 0.0349. The van der Waals surface area contributed by atoms with Crippen molar-refractivity contribution in [3.8, 4) is 5.75 Å². The zero-order chi connectivity index (χ0) is 24.5. The number of hydrogen-bond acceptors (Lipinski definition) is 6. The van der Waals surface area contributed by atoms with Gasteiger partial charge in [0.2, 0.25) is 11.8 Å². The van der Waals surface area contributed by atoms with E-state index < -0.39 is 6.04 Å². The summed E-state index contributed by atoms with van der Waals surface area (Å²) in [4.78, 5) is 32.6. The number of carbonyl (C=O) groups excluding carboxylic acids is 2. The molecule has 1 saturated carbocycles. The fourth-order valence-electron chi connectivity index (χ4n) is 4.95. The van der Waals surface area contributed by atoms with Crippen LogP contribution in [0, 0.1) is 0 Å². The molecule has 190 valence electrons. The molecule has 0 unspecified atom stereocenters. The van der Waals surface area contributed by atoms with Crippen LogP contribution in [0.4, 0.5) is 0 Å². The van der Waals surface area contributed by atoms with Crippen molar-refractivity contribution in [1.82, 2.24) is 15.1 Å². The van der Waals surface area contributed by atoms with Gasteiger partial charge in [-0.2, -0.15) is 0 Å². The largest absolute Gasteiger partial charge is 0.497 e. The number of methoxy groups -OCH3 is 1. The minimum Gasteiger partial charge on any atom is -0.497 e. The number of nitrogens with one attached hydrogen (secondary N) is 1. The molecular formula is C27H37N3O4S. The average Bonchev–Trinajstić information content (AvgIpc) is 3.40. The lowest BCUT2D eigenvalue weighted by Gasteiger charge is -2.35. The highest BCUT2D eigenvalue weighted by Crippen LogP contribution is 2.28. The van der Waals surface area contributed by atoms with E-state index >= 15 is 0 Å². The van der Waals surface area contributed by atoms with E-state index in [1.165, 1.54) is 6.42 Å². The monoisotopic (exact) mass is 499 g/mol. The minimum atomic E-state index is -0.708. The van der Waals surface area contributed by atoms with Gasteiger partial charge in [0.1, 0.15) is 11.8 Å². The van der Waals surface area contributed by atoms with Crippen molar-refractivity contribution < 1.29 is 19.1 Å². The van der Waals surface area contributed by atoms with E-state index in [4.69, 9.17) is 9.47 Å². The Kier molecular flexibility index (Phi) is 9.57. The SMILES string of the molecule is COc1cccc([C@H](C(=O)NC2CCCCC2)N(CCN2CCOCC2)C(=O)Cc2cccs2)c1. The van der Waals surface area contributed by atoms with Crippen LogP contribution >= 0.6 is 11.3 Å². The first-order valence-corrected chi connectivity index (χ1v) is 13.6. The quantitative estimate of drug-likeness (QED) is 0.540. The molecule has 2 heterocycles. The van der Waals surface area contributed by atoms with Gasteiger partial charge in [0.05, 0.1) is 26.7 Å². The van der Waals surface area contributed by atoms with Crippen molar-refractivity contribution in [2.45, 2.75) is 50.6 Å². The van der Waals surface area contributed by atoms with Crippen molar-refractivity contribution in [2.75, 3.05) is 46.5 Å². The molecule has 1 aliphatic heterocycles. The molecule has 4 rings (SSSR count). The molecule has 1 aliphatic carbocycles. The van der Waals surface area contributed by atoms with Crippen LogP contribution in [0.3, 0.4) is 0 Å². The Morgan fingerprint density at radius 1 is 1.17 bits per heavy atom. The number of carbonyl (C=O) groups is 2. The van der Waals surface area contributed by atoms with Crippen LogP contribution in [0.1, 0.15) is 48.6 Å². The number of thiophene rings is 1. The third-order valence-corrected chi connectivity index (χ3v) is 7.78. The van der Waals surface area contributed by atoms with Crippen LogP contribution < -0.4 is 10.1 Å². The van der Waals surface area contributed by atoms with Gasteiger partial charge in [0.25, 0.3) is 0 Å². The van der Waals surface area contributed by atoms with Crippen molar-refractivity contribution in [3.05, 3.63) is 52.2 Å². The molecule has 2 fully saturated rings. The molecule has 1 atom stereocenters. The molecule has 1 aromatic carbocycles. The standard InChI is InChI=1S/C27H37N3O4S/c1-33-23-10-5-7-21(19-23)26(27(32)28-22-8-3-2-4-9-22)30(13-12-29-14-16-34-17-15-29)25(31)20-24-11-6-18-35-24/h5-7,10-11,18-19,22,26H,2-4,8-9,12-17,20H2,1H3,(H,28,32)/t26-/m1/s1. The Morgan fingerprint density at radius 3 is 2.69 bits per heavy atom. The van der Waals surface area contributed by atoms with Crippen molar-refractivity contribution in [2.24, 2.45) is 0 Å². The number of rotatable bonds is 10. The molecule has 35 heavy (non-hydrogen) atoms. The molecular weight excluding hydrogens is 462 g/mol. The molecule has 1 aromatic heterocycles. The highest BCUT2D eigenvalue weighted by atomic mass is 32.1. The van der Waals surface area contributed by atoms with E-state index in [9.17, 15) is 9.59 Å². The number of ether oxygens (including phenoxy) is 2. The van der Waals surface area contributed by atoms with Crippen molar-refractivity contribution in [1.29, 1.82) is 0 Å². The molecule has 2 amide bonds. The van der Waals surface area contributed by atoms with E-state index in [1.807, 2.05) is 41.8 Å². The van der Waals surface area contributed by atoms with E-state index in [-0.39, 0.29) is 24.3 Å². The summed E-state index contributed by atoms with van der Waals surface area (Å²) in [5.41, 5.74) is 0.777. The predicted octanol–water partition coefficient (Wildman–Crippen LogP) is 3.65. The number of nitrogens with zero attached hydrogens (tertiary/aromatic N) is 2. The number of hydrogen-bond donors (Lipinski definition) is 1. The normalized spacial score (nSPS) is 18.1. The van der Waals surface area contributed by atoms with Gasteiger partial charge in [-0.25, -0.2) is 0 Å². The summed E-state index contributed by atoms with van der Waals surface area (Å²) in [5.74, 6) is 0.538. The molecule has 0 radical (unpaired) electrons. The van der Waals surface area contributed by atoms with Gasteiger partial charge in [-0.05, 0) is 42.0 Å².